The van der Waals surface area contributed by atoms with Crippen LogP contribution in [0.1, 0.15) is 17.6 Å². The van der Waals surface area contributed by atoms with E-state index in [0.717, 1.165) is 6.20 Å². The van der Waals surface area contributed by atoms with E-state index in [1.165, 1.54) is 14.2 Å². The Morgan fingerprint density at radius 2 is 1.93 bits per heavy atom. The average molecular weight is 203 g/mol. The van der Waals surface area contributed by atoms with E-state index >= 15 is 0 Å². The maximum Gasteiger partial charge on any atom is 0.268 e. The molecule has 0 saturated carbocycles. The maximum absolute atomic E-state index is 12.5. The molecule has 0 atom stereocenters. The molecule has 0 aliphatic rings. The second-order valence-corrected chi connectivity index (χ2v) is 2.68. The van der Waals surface area contributed by atoms with Crippen molar-refractivity contribution in [2.24, 2.45) is 0 Å². The van der Waals surface area contributed by atoms with Crippen molar-refractivity contribution in [3.63, 3.8) is 0 Å². The molecular formula is C9H11F2NO2. The molecule has 0 radical (unpaired) electrons. The van der Waals surface area contributed by atoms with Crippen LogP contribution in [0.15, 0.2) is 6.20 Å². The Hall–Kier alpha value is -1.39. The SMILES string of the molecule is COc1ncc(C(F)F)c(OC)c1C. The lowest BCUT2D eigenvalue weighted by molar-refractivity contribution is 0.146. The van der Waals surface area contributed by atoms with Crippen molar-refractivity contribution in [2.45, 2.75) is 13.3 Å². The molecule has 5 heteroatoms. The highest BCUT2D eigenvalue weighted by atomic mass is 19.3. The molecule has 1 aromatic rings. The number of ether oxygens (including phenoxy) is 2. The van der Waals surface area contributed by atoms with Crippen molar-refractivity contribution < 1.29 is 18.3 Å². The predicted octanol–water partition coefficient (Wildman–Crippen LogP) is 2.34. The van der Waals surface area contributed by atoms with E-state index in [4.69, 9.17) is 9.47 Å². The minimum Gasteiger partial charge on any atom is -0.496 e. The molecule has 0 amide bonds. The summed E-state index contributed by atoms with van der Waals surface area (Å²) in [6, 6.07) is 0. The Bertz CT molecular complexity index is 329. The summed E-state index contributed by atoms with van der Waals surface area (Å²) in [5, 5.41) is 0. The number of alkyl halides is 2. The first-order valence-electron chi connectivity index (χ1n) is 3.97. The Balaban J connectivity index is 3.28. The van der Waals surface area contributed by atoms with Gasteiger partial charge in [-0.15, -0.1) is 0 Å². The van der Waals surface area contributed by atoms with Gasteiger partial charge >= 0.3 is 0 Å². The summed E-state index contributed by atoms with van der Waals surface area (Å²) in [7, 11) is 2.77. The summed E-state index contributed by atoms with van der Waals surface area (Å²) in [6.07, 6.45) is -1.53. The fourth-order valence-electron chi connectivity index (χ4n) is 1.23. The van der Waals surface area contributed by atoms with Crippen LogP contribution in [0.25, 0.3) is 0 Å². The Morgan fingerprint density at radius 3 is 2.36 bits per heavy atom. The molecule has 1 aromatic heterocycles. The molecule has 0 N–H and O–H groups in total. The first kappa shape index (κ1) is 10.7. The molecule has 0 bridgehead atoms. The number of halogens is 2. The summed E-state index contributed by atoms with van der Waals surface area (Å²) >= 11 is 0. The van der Waals surface area contributed by atoms with Gasteiger partial charge in [-0.25, -0.2) is 13.8 Å². The number of aromatic nitrogens is 1. The molecule has 1 rings (SSSR count). The summed E-state index contributed by atoms with van der Waals surface area (Å²) in [5.74, 6) is 0.429. The van der Waals surface area contributed by atoms with Crippen molar-refractivity contribution in [1.29, 1.82) is 0 Å². The fraction of sp³-hybridized carbons (Fsp3) is 0.444. The van der Waals surface area contributed by atoms with Crippen molar-refractivity contribution in [2.75, 3.05) is 14.2 Å². The van der Waals surface area contributed by atoms with Gasteiger partial charge in [-0.3, -0.25) is 0 Å². The third kappa shape index (κ3) is 1.76. The van der Waals surface area contributed by atoms with E-state index in [-0.39, 0.29) is 11.3 Å². The van der Waals surface area contributed by atoms with Crippen molar-refractivity contribution in [3.05, 3.63) is 17.3 Å². The van der Waals surface area contributed by atoms with Crippen molar-refractivity contribution >= 4 is 0 Å². The van der Waals surface area contributed by atoms with E-state index in [1.54, 1.807) is 6.92 Å². The van der Waals surface area contributed by atoms with Crippen LogP contribution in [-0.2, 0) is 0 Å². The first-order chi connectivity index (χ1) is 6.61. The van der Waals surface area contributed by atoms with E-state index in [2.05, 4.69) is 4.98 Å². The van der Waals surface area contributed by atoms with Crippen LogP contribution in [0, 0.1) is 6.92 Å². The summed E-state index contributed by atoms with van der Waals surface area (Å²) in [5.41, 5.74) is 0.263. The van der Waals surface area contributed by atoms with Crippen LogP contribution in [0.2, 0.25) is 0 Å². The second-order valence-electron chi connectivity index (χ2n) is 2.68. The summed E-state index contributed by atoms with van der Waals surface area (Å²) in [4.78, 5) is 3.74. The van der Waals surface area contributed by atoms with E-state index in [9.17, 15) is 8.78 Å². The number of rotatable bonds is 3. The lowest BCUT2D eigenvalue weighted by atomic mass is 10.2. The number of methoxy groups -OCH3 is 2. The number of nitrogens with zero attached hydrogens (tertiary/aromatic N) is 1. The molecule has 0 aliphatic heterocycles. The van der Waals surface area contributed by atoms with Gasteiger partial charge in [0.1, 0.15) is 5.75 Å². The van der Waals surface area contributed by atoms with E-state index < -0.39 is 6.43 Å². The average Bonchev–Trinajstić information content (AvgIpc) is 2.17. The highest BCUT2D eigenvalue weighted by Gasteiger charge is 2.19. The quantitative estimate of drug-likeness (QED) is 0.755. The van der Waals surface area contributed by atoms with Crippen molar-refractivity contribution in [3.8, 4) is 11.6 Å². The molecule has 0 fully saturated rings. The molecule has 0 saturated heterocycles. The first-order valence-corrected chi connectivity index (χ1v) is 3.97. The molecule has 14 heavy (non-hydrogen) atoms. The van der Waals surface area contributed by atoms with Gasteiger partial charge in [0.15, 0.2) is 0 Å². The van der Waals surface area contributed by atoms with Gasteiger partial charge in [0.05, 0.1) is 25.3 Å². The van der Waals surface area contributed by atoms with Crippen LogP contribution < -0.4 is 9.47 Å². The molecule has 0 aliphatic carbocycles. The van der Waals surface area contributed by atoms with Gasteiger partial charge in [-0.05, 0) is 6.92 Å². The topological polar surface area (TPSA) is 31.4 Å². The molecule has 0 unspecified atom stereocenters. The minimum absolute atomic E-state index is 0.131. The van der Waals surface area contributed by atoms with Gasteiger partial charge in [0, 0.05) is 6.20 Å². The zero-order chi connectivity index (χ0) is 10.7. The number of hydrogen-bond acceptors (Lipinski definition) is 3. The normalized spacial score (nSPS) is 10.4. The Labute approximate surface area is 80.7 Å². The molecule has 0 spiro atoms. The van der Waals surface area contributed by atoms with E-state index in [0.29, 0.717) is 11.4 Å². The van der Waals surface area contributed by atoms with Crippen LogP contribution in [0.5, 0.6) is 11.6 Å². The standard InChI is InChI=1S/C9H11F2NO2/c1-5-7(13-2)6(8(10)11)4-12-9(5)14-3/h4,8H,1-3H3. The Kier molecular flexibility index (Phi) is 3.22. The second kappa shape index (κ2) is 4.21. The number of pyridine rings is 1. The molecule has 0 aromatic carbocycles. The number of hydrogen-bond donors (Lipinski definition) is 0. The van der Waals surface area contributed by atoms with E-state index in [1.807, 2.05) is 0 Å². The van der Waals surface area contributed by atoms with Crippen molar-refractivity contribution in [1.82, 2.24) is 4.98 Å². The maximum atomic E-state index is 12.5. The Morgan fingerprint density at radius 1 is 1.29 bits per heavy atom. The molecule has 1 heterocycles. The molecule has 78 valence electrons. The predicted molar refractivity (Wildman–Crippen MR) is 47.0 cm³/mol. The van der Waals surface area contributed by atoms with Gasteiger partial charge in [-0.2, -0.15) is 0 Å². The van der Waals surface area contributed by atoms with Crippen LogP contribution in [0.4, 0.5) is 8.78 Å². The smallest absolute Gasteiger partial charge is 0.268 e. The highest BCUT2D eigenvalue weighted by Crippen LogP contribution is 2.34. The fourth-order valence-corrected chi connectivity index (χ4v) is 1.23. The largest absolute Gasteiger partial charge is 0.496 e. The highest BCUT2D eigenvalue weighted by molar-refractivity contribution is 5.45. The lowest BCUT2D eigenvalue weighted by Gasteiger charge is -2.12. The van der Waals surface area contributed by atoms with Gasteiger partial charge in [0.2, 0.25) is 5.88 Å². The summed E-state index contributed by atoms with van der Waals surface area (Å²) in [6.45, 7) is 1.62. The molecular weight excluding hydrogens is 192 g/mol. The summed E-state index contributed by atoms with van der Waals surface area (Å²) < 4.78 is 34.7. The van der Waals surface area contributed by atoms with Gasteiger partial charge in [0.25, 0.3) is 6.43 Å². The lowest BCUT2D eigenvalue weighted by Crippen LogP contribution is -2.00. The van der Waals surface area contributed by atoms with Gasteiger partial charge < -0.3 is 9.47 Å². The molecule has 3 nitrogen and oxygen atoms in total. The third-order valence-electron chi connectivity index (χ3n) is 1.88. The van der Waals surface area contributed by atoms with Gasteiger partial charge in [-0.1, -0.05) is 0 Å². The zero-order valence-electron chi connectivity index (χ0n) is 8.17. The van der Waals surface area contributed by atoms with Crippen LogP contribution in [0.3, 0.4) is 0 Å². The third-order valence-corrected chi connectivity index (χ3v) is 1.88. The zero-order valence-corrected chi connectivity index (χ0v) is 8.17. The monoisotopic (exact) mass is 203 g/mol. The minimum atomic E-state index is -2.60. The van der Waals surface area contributed by atoms with Crippen LogP contribution in [-0.4, -0.2) is 19.2 Å². The van der Waals surface area contributed by atoms with Crippen LogP contribution >= 0.6 is 0 Å².